The minimum absolute atomic E-state index is 0. The molecule has 2 aliphatic rings. The van der Waals surface area contributed by atoms with E-state index in [0.29, 0.717) is 65.8 Å². The number of benzene rings is 11. The van der Waals surface area contributed by atoms with Gasteiger partial charge in [0, 0.05) is 37.7 Å². The predicted molar refractivity (Wildman–Crippen MR) is 436 cm³/mol. The van der Waals surface area contributed by atoms with Gasteiger partial charge >= 0.3 is 110 Å². The Kier molecular flexibility index (Phi) is 48.8. The van der Waals surface area contributed by atoms with E-state index in [2.05, 4.69) is 55.2 Å². The number of hydrogen-bond donors (Lipinski definition) is 2. The number of hydrogen-bond acceptors (Lipinski definition) is 7. The van der Waals surface area contributed by atoms with Crippen LogP contribution in [-0.2, 0) is 21.6 Å². The summed E-state index contributed by atoms with van der Waals surface area (Å²) in [5, 5.41) is 26.1. The number of ether oxygens (including phenoxy) is 1. The summed E-state index contributed by atoms with van der Waals surface area (Å²) in [5.74, 6) is -22.9. The van der Waals surface area contributed by atoms with Crippen LogP contribution in [0.25, 0.3) is 33.4 Å². The van der Waals surface area contributed by atoms with Gasteiger partial charge in [0.1, 0.15) is 41.4 Å². The maximum Gasteiger partial charge on any atom is 1.00 e. The van der Waals surface area contributed by atoms with Gasteiger partial charge in [0.2, 0.25) is 0 Å². The molecule has 0 aliphatic heterocycles. The fourth-order valence-electron chi connectivity index (χ4n) is 12.9. The van der Waals surface area contributed by atoms with Crippen LogP contribution in [0.15, 0.2) is 168 Å². The van der Waals surface area contributed by atoms with Crippen molar-refractivity contribution in [2.45, 2.75) is 135 Å². The smallest absolute Gasteiger partial charge is 1.00 e. The molecule has 7 nitrogen and oxygen atoms in total. The zero-order valence-electron chi connectivity index (χ0n) is 68.5. The molecule has 2 N–H and O–H groups in total. The molecule has 0 heterocycles. The molecule has 2 saturated carbocycles. The second kappa shape index (κ2) is 54.9. The van der Waals surface area contributed by atoms with Crippen molar-refractivity contribution in [3.05, 3.63) is 333 Å². The van der Waals surface area contributed by atoms with Gasteiger partial charge in [-0.1, -0.05) is 104 Å². The number of carbonyl (C=O) groups excluding carboxylic acids is 1. The fourth-order valence-corrected chi connectivity index (χ4v) is 13.9. The number of phenols is 1. The van der Waals surface area contributed by atoms with Crippen molar-refractivity contribution in [2.24, 2.45) is 11.8 Å². The van der Waals surface area contributed by atoms with Crippen LogP contribution in [0.1, 0.15) is 143 Å². The summed E-state index contributed by atoms with van der Waals surface area (Å²) < 4.78 is 289. The molecule has 0 atom stereocenters. The van der Waals surface area contributed by atoms with Gasteiger partial charge in [-0.3, -0.25) is 4.79 Å². The molecule has 2 aliphatic carbocycles. The molecule has 0 bridgehead atoms. The zero-order valence-corrected chi connectivity index (χ0v) is 79.0. The van der Waals surface area contributed by atoms with Crippen molar-refractivity contribution in [2.75, 3.05) is 0 Å². The molecule has 2 fully saturated rings. The van der Waals surface area contributed by atoms with Gasteiger partial charge in [-0.2, -0.15) is 0 Å². The average Bonchev–Trinajstić information content (AvgIpc) is 0.822. The number of halogens is 24. The summed E-state index contributed by atoms with van der Waals surface area (Å²) in [6, 6.07) is 33.3. The number of alkyl halides is 1. The molecule has 653 valence electrons. The number of aryl methyl sites for hydroxylation is 3. The summed E-state index contributed by atoms with van der Waals surface area (Å²) in [6.45, 7) is 9.27. The van der Waals surface area contributed by atoms with Crippen molar-refractivity contribution in [1.29, 1.82) is 0 Å². The monoisotopic (exact) mass is 2040 g/mol. The van der Waals surface area contributed by atoms with E-state index in [0.717, 1.165) is 105 Å². The maximum atomic E-state index is 14.7. The van der Waals surface area contributed by atoms with E-state index >= 15 is 0 Å². The maximum absolute atomic E-state index is 14.7. The molecule has 124 heavy (non-hydrogen) atoms. The molecule has 0 spiro atoms. The van der Waals surface area contributed by atoms with Crippen molar-refractivity contribution in [1.82, 2.24) is 0 Å². The first-order chi connectivity index (χ1) is 57.8. The fraction of sp³-hybridized carbons (Fsp3) is 0.256. The van der Waals surface area contributed by atoms with Crippen LogP contribution in [0.5, 0.6) is 17.2 Å². The van der Waals surface area contributed by atoms with Crippen LogP contribution in [0, 0.1) is 158 Å². The molecular formula is C90H78BBr2F21IK2O7. The van der Waals surface area contributed by atoms with E-state index in [9.17, 15) is 92.2 Å². The largest absolute Gasteiger partial charge is 1.00 e. The minimum Gasteiger partial charge on any atom is -1.00 e. The SMILES string of the molecule is CCCC1CCC(c2cc(F)c(O)c(F)c2)CC1.CCCC1CCC(c2cc(F)c(OCc3ccc(-c4cc(F)c(F)c(F)c4)c(F)c3)c(F)c2)CC1.Cc1ccc(-c2cc(F)c(F)c(F)c2)c(F)c1.Cc1ccc(Br)c(F)c1.Cc1ccc(I)c(F)c1.Fc1cc(CBr)ccc1-c1cc(F)c(F)c(F)c1.O=CO[O-].O[B]Oc1cc(F)c(F)c(F)c1.[H-].[K+].[K+]. The molecular weight excluding hydrogens is 1970 g/mol. The molecule has 0 amide bonds. The second-order valence-electron chi connectivity index (χ2n) is 27.9. The van der Waals surface area contributed by atoms with Crippen LogP contribution in [0.2, 0.25) is 0 Å². The van der Waals surface area contributed by atoms with Gasteiger partial charge in [0.25, 0.3) is 6.47 Å². The van der Waals surface area contributed by atoms with Gasteiger partial charge in [-0.25, -0.2) is 92.2 Å². The van der Waals surface area contributed by atoms with Gasteiger partial charge in [0.05, 0.1) is 4.47 Å². The van der Waals surface area contributed by atoms with E-state index in [1.165, 1.54) is 92.1 Å². The predicted octanol–water partition coefficient (Wildman–Crippen LogP) is 21.8. The van der Waals surface area contributed by atoms with E-state index in [4.69, 9.17) is 24.9 Å². The third-order valence-electron chi connectivity index (χ3n) is 19.0. The summed E-state index contributed by atoms with van der Waals surface area (Å²) in [6.07, 6.45) is 13.0. The van der Waals surface area contributed by atoms with Crippen LogP contribution < -0.4 is 117 Å². The standard InChI is InChI=1S/C28H26F6O.C15H20F2O.C13H7BrF4.C13H8F4.C7H6BrF.C7H6FI.C6H3BF3O2.CH2O3.2K.H/c1-2-3-16-4-7-18(8-5-16)19-11-25(32)28(26(33)12-19)35-15-17-6-9-21(22(29)10-17)20-13-23(30)27(34)24(31)14-20;1-2-3-10-4-6-11(7-5-10)12-8-13(16)15(18)14(17)9-12;14-6-7-1-2-9(10(15)3-7)8-4-11(16)13(18)12(17)5-8;1-7-2-3-9(10(14)4-7)8-5-11(15)13(17)12(16)6-8;1-5-2-3-6(8)7(9)4-5;1-5-2-3-7(9)6(8)4-5;8-4-1-3(12-7-11)2-5(9)6(4)10;2-1-4-3;;;/h6,9-14,16,18H,2-5,7-8,15H2,1H3;8-11,18H,2-7H2,1H3;1-5H,6H2;2-6H,1H3;2*2-4H,1H3;1-2,11H;1,3H;;;/q;;;;;;;;2*+1;-1/p-1. The molecule has 0 saturated heterocycles. The average molecular weight is 2050 g/mol. The molecule has 11 aromatic carbocycles. The second-order valence-corrected chi connectivity index (χ2v) is 30.5. The first-order valence-corrected chi connectivity index (χ1v) is 40.3. The number of carbonyl (C=O) groups is 1. The minimum atomic E-state index is -1.64. The molecule has 0 aromatic heterocycles. The van der Waals surface area contributed by atoms with E-state index < -0.39 is 122 Å². The Morgan fingerprint density at radius 2 is 0.750 bits per heavy atom. The molecule has 34 heteroatoms. The van der Waals surface area contributed by atoms with Crippen LogP contribution in [0.4, 0.5) is 92.2 Å². The van der Waals surface area contributed by atoms with Gasteiger partial charge in [-0.15, -0.1) is 0 Å². The zero-order chi connectivity index (χ0) is 90.4. The van der Waals surface area contributed by atoms with E-state index in [1.54, 1.807) is 31.2 Å². The third kappa shape index (κ3) is 34.0. The van der Waals surface area contributed by atoms with E-state index in [-0.39, 0.29) is 193 Å². The Hall–Kier alpha value is -6.23. The molecule has 0 unspecified atom stereocenters. The van der Waals surface area contributed by atoms with Crippen LogP contribution >= 0.6 is 54.5 Å². The molecule has 11 aromatic rings. The topological polar surface area (TPSA) is 108 Å². The summed E-state index contributed by atoms with van der Waals surface area (Å²) >= 11 is 8.19. The summed E-state index contributed by atoms with van der Waals surface area (Å²) in [5.41, 5.74) is 4.53. The Morgan fingerprint density at radius 3 is 1.07 bits per heavy atom. The molecule has 13 rings (SSSR count). The van der Waals surface area contributed by atoms with Crippen molar-refractivity contribution >= 4 is 68.6 Å². The van der Waals surface area contributed by atoms with Gasteiger partial charge in [-0.05, 0) is 293 Å². The Morgan fingerprint density at radius 1 is 0.427 bits per heavy atom. The Bertz CT molecular complexity index is 5150. The van der Waals surface area contributed by atoms with Crippen molar-refractivity contribution < 1.29 is 231 Å². The first-order valence-electron chi connectivity index (χ1n) is 37.3. The normalized spacial score (nSPS) is 14.1. The van der Waals surface area contributed by atoms with Crippen LogP contribution in [0.3, 0.4) is 0 Å². The summed E-state index contributed by atoms with van der Waals surface area (Å²) in [7, 11) is 0.242. The van der Waals surface area contributed by atoms with E-state index in [1.807, 2.05) is 48.6 Å². The van der Waals surface area contributed by atoms with Crippen LogP contribution in [-0.4, -0.2) is 24.3 Å². The number of aromatic hydroxyl groups is 1. The van der Waals surface area contributed by atoms with Gasteiger partial charge < -0.3 is 31.1 Å². The Labute approximate surface area is 820 Å². The molecule has 1 radical (unpaired) electrons. The van der Waals surface area contributed by atoms with Crippen molar-refractivity contribution in [3.8, 4) is 50.6 Å². The number of phenolic OH excluding ortho intramolecular Hbond substituents is 1. The summed E-state index contributed by atoms with van der Waals surface area (Å²) in [4.78, 5) is 11.2. The van der Waals surface area contributed by atoms with Gasteiger partial charge in [0.15, 0.2) is 105 Å². The first kappa shape index (κ1) is 110. The number of rotatable bonds is 16. The quantitative estimate of drug-likeness (QED) is 0.0145. The Balaban J connectivity index is 0.000000391. The third-order valence-corrected chi connectivity index (χ3v) is 21.2. The van der Waals surface area contributed by atoms with Crippen molar-refractivity contribution in [3.63, 3.8) is 0 Å².